The van der Waals surface area contributed by atoms with Gasteiger partial charge in [-0.15, -0.1) is 0 Å². The molecule has 122 valence electrons. The minimum Gasteiger partial charge on any atom is -0.369 e. The van der Waals surface area contributed by atoms with Crippen LogP contribution >= 0.6 is 0 Å². The first-order valence-electron chi connectivity index (χ1n) is 8.73. The minimum absolute atomic E-state index is 0.668. The summed E-state index contributed by atoms with van der Waals surface area (Å²) in [6.45, 7) is 14.9. The lowest BCUT2D eigenvalue weighted by Gasteiger charge is -2.38. The van der Waals surface area contributed by atoms with Crippen molar-refractivity contribution in [2.24, 2.45) is 0 Å². The molecule has 1 N–H and O–H groups in total. The Morgan fingerprint density at radius 2 is 1.73 bits per heavy atom. The van der Waals surface area contributed by atoms with Crippen LogP contribution in [0, 0.1) is 0 Å². The molecule has 0 bridgehead atoms. The second-order valence-electron chi connectivity index (χ2n) is 6.81. The fourth-order valence-electron chi connectivity index (χ4n) is 3.48. The lowest BCUT2D eigenvalue weighted by Crippen LogP contribution is -2.48. The summed E-state index contributed by atoms with van der Waals surface area (Å²) in [4.78, 5) is 7.66. The first kappa shape index (κ1) is 15.8. The van der Waals surface area contributed by atoms with Gasteiger partial charge in [0.2, 0.25) is 0 Å². The van der Waals surface area contributed by atoms with Gasteiger partial charge in [-0.1, -0.05) is 12.1 Å². The smallest absolute Gasteiger partial charge is 0.0370 e. The van der Waals surface area contributed by atoms with Crippen LogP contribution in [0.25, 0.3) is 0 Å². The van der Waals surface area contributed by atoms with Gasteiger partial charge in [0.1, 0.15) is 0 Å². The van der Waals surface area contributed by atoms with Gasteiger partial charge in [-0.3, -0.25) is 9.80 Å². The van der Waals surface area contributed by atoms with Crippen LogP contribution in [0.2, 0.25) is 0 Å². The van der Waals surface area contributed by atoms with Crippen molar-refractivity contribution in [2.45, 2.75) is 26.4 Å². The number of nitrogens with one attached hydrogen (secondary N) is 1. The molecular formula is C18H30N4. The second kappa shape index (κ2) is 7.44. The van der Waals surface area contributed by atoms with E-state index in [1.165, 1.54) is 24.3 Å². The second-order valence-corrected chi connectivity index (χ2v) is 6.81. The van der Waals surface area contributed by atoms with Crippen LogP contribution in [0.1, 0.15) is 19.4 Å². The lowest BCUT2D eigenvalue weighted by atomic mass is 10.1. The summed E-state index contributed by atoms with van der Waals surface area (Å²) in [7, 11) is 0. The normalized spacial score (nSPS) is 21.5. The number of benzene rings is 1. The van der Waals surface area contributed by atoms with Crippen molar-refractivity contribution < 1.29 is 0 Å². The number of hydrogen-bond donors (Lipinski definition) is 1. The summed E-state index contributed by atoms with van der Waals surface area (Å²) in [6, 6.07) is 9.83. The van der Waals surface area contributed by atoms with Gasteiger partial charge in [-0.05, 0) is 31.5 Å². The van der Waals surface area contributed by atoms with Crippen molar-refractivity contribution in [3.8, 4) is 0 Å². The van der Waals surface area contributed by atoms with Crippen LogP contribution in [0.15, 0.2) is 24.3 Å². The van der Waals surface area contributed by atoms with Gasteiger partial charge in [0, 0.05) is 70.6 Å². The van der Waals surface area contributed by atoms with Crippen molar-refractivity contribution >= 4 is 5.69 Å². The summed E-state index contributed by atoms with van der Waals surface area (Å²) in [5.74, 6) is 0. The topological polar surface area (TPSA) is 21.8 Å². The van der Waals surface area contributed by atoms with E-state index in [4.69, 9.17) is 0 Å². The summed E-state index contributed by atoms with van der Waals surface area (Å²) >= 11 is 0. The van der Waals surface area contributed by atoms with E-state index in [-0.39, 0.29) is 0 Å². The van der Waals surface area contributed by atoms with Gasteiger partial charge in [0.15, 0.2) is 0 Å². The molecular weight excluding hydrogens is 272 g/mol. The number of rotatable bonds is 4. The fourth-order valence-corrected chi connectivity index (χ4v) is 3.48. The summed E-state index contributed by atoms with van der Waals surface area (Å²) in [6.07, 6.45) is 0. The molecule has 2 fully saturated rings. The lowest BCUT2D eigenvalue weighted by molar-refractivity contribution is 0.209. The van der Waals surface area contributed by atoms with Gasteiger partial charge in [0.05, 0.1) is 0 Å². The quantitative estimate of drug-likeness (QED) is 0.912. The average molecular weight is 302 g/mol. The van der Waals surface area contributed by atoms with Crippen molar-refractivity contribution in [1.82, 2.24) is 15.1 Å². The maximum Gasteiger partial charge on any atom is 0.0370 e. The zero-order chi connectivity index (χ0) is 15.4. The zero-order valence-corrected chi connectivity index (χ0v) is 14.1. The molecule has 0 amide bonds. The number of piperazine rings is 2. The van der Waals surface area contributed by atoms with E-state index in [2.05, 4.69) is 58.1 Å². The van der Waals surface area contributed by atoms with E-state index in [0.717, 1.165) is 45.8 Å². The Hall–Kier alpha value is -1.10. The van der Waals surface area contributed by atoms with Gasteiger partial charge >= 0.3 is 0 Å². The third kappa shape index (κ3) is 4.00. The molecule has 0 saturated carbocycles. The molecule has 22 heavy (non-hydrogen) atoms. The molecule has 2 heterocycles. The zero-order valence-electron chi connectivity index (χ0n) is 14.1. The predicted octanol–water partition coefficient (Wildman–Crippen LogP) is 1.62. The number of nitrogens with zero attached hydrogens (tertiary/aromatic N) is 3. The Labute approximate surface area is 135 Å². The van der Waals surface area contributed by atoms with Crippen molar-refractivity contribution in [3.05, 3.63) is 29.8 Å². The van der Waals surface area contributed by atoms with E-state index in [9.17, 15) is 0 Å². The molecule has 0 spiro atoms. The molecule has 3 rings (SSSR count). The van der Waals surface area contributed by atoms with Crippen LogP contribution in [-0.2, 0) is 6.54 Å². The Kier molecular flexibility index (Phi) is 5.34. The summed E-state index contributed by atoms with van der Waals surface area (Å²) in [5, 5.41) is 3.42. The molecule has 0 radical (unpaired) electrons. The highest BCUT2D eigenvalue weighted by atomic mass is 15.3. The average Bonchev–Trinajstić information content (AvgIpc) is 2.56. The van der Waals surface area contributed by atoms with E-state index < -0.39 is 0 Å². The Balaban J connectivity index is 1.59. The molecule has 1 aromatic carbocycles. The standard InChI is InChI=1S/C18H30N4/c1-16(2)21-10-12-22(13-11-21)18-5-3-4-17(14-18)15-20-8-6-19-7-9-20/h3-5,14,16,19H,6-13,15H2,1-2H3. The van der Waals surface area contributed by atoms with Crippen LogP contribution in [0.3, 0.4) is 0 Å². The van der Waals surface area contributed by atoms with Gasteiger partial charge < -0.3 is 10.2 Å². The van der Waals surface area contributed by atoms with E-state index in [1.54, 1.807) is 0 Å². The first-order valence-corrected chi connectivity index (χ1v) is 8.73. The molecule has 2 aliphatic rings. The molecule has 4 nitrogen and oxygen atoms in total. The van der Waals surface area contributed by atoms with Crippen molar-refractivity contribution in [3.63, 3.8) is 0 Å². The molecule has 1 aromatic rings. The Bertz CT molecular complexity index is 460. The molecule has 0 aliphatic carbocycles. The van der Waals surface area contributed by atoms with Gasteiger partial charge in [-0.2, -0.15) is 0 Å². The van der Waals surface area contributed by atoms with Crippen molar-refractivity contribution in [1.29, 1.82) is 0 Å². The van der Waals surface area contributed by atoms with Crippen LogP contribution < -0.4 is 10.2 Å². The largest absolute Gasteiger partial charge is 0.369 e. The van der Waals surface area contributed by atoms with Gasteiger partial charge in [-0.25, -0.2) is 0 Å². The SMILES string of the molecule is CC(C)N1CCN(c2cccc(CN3CCNCC3)c2)CC1. The monoisotopic (exact) mass is 302 g/mol. The van der Waals surface area contributed by atoms with Crippen LogP contribution in [0.5, 0.6) is 0 Å². The maximum atomic E-state index is 3.42. The highest BCUT2D eigenvalue weighted by Crippen LogP contribution is 2.20. The molecule has 4 heteroatoms. The molecule has 2 saturated heterocycles. The van der Waals surface area contributed by atoms with Crippen molar-refractivity contribution in [2.75, 3.05) is 57.3 Å². The first-order chi connectivity index (χ1) is 10.7. The molecule has 0 aromatic heterocycles. The van der Waals surface area contributed by atoms with Crippen LogP contribution in [0.4, 0.5) is 5.69 Å². The number of anilines is 1. The third-order valence-corrected chi connectivity index (χ3v) is 4.94. The Morgan fingerprint density at radius 3 is 2.41 bits per heavy atom. The highest BCUT2D eigenvalue weighted by Gasteiger charge is 2.19. The van der Waals surface area contributed by atoms with Crippen LogP contribution in [-0.4, -0.2) is 68.2 Å². The third-order valence-electron chi connectivity index (χ3n) is 4.94. The van der Waals surface area contributed by atoms with Gasteiger partial charge in [0.25, 0.3) is 0 Å². The summed E-state index contributed by atoms with van der Waals surface area (Å²) < 4.78 is 0. The predicted molar refractivity (Wildman–Crippen MR) is 93.5 cm³/mol. The Morgan fingerprint density at radius 1 is 1.00 bits per heavy atom. The van der Waals surface area contributed by atoms with E-state index in [0.29, 0.717) is 6.04 Å². The fraction of sp³-hybridized carbons (Fsp3) is 0.667. The van der Waals surface area contributed by atoms with E-state index in [1.807, 2.05) is 0 Å². The summed E-state index contributed by atoms with van der Waals surface area (Å²) in [5.41, 5.74) is 2.85. The maximum absolute atomic E-state index is 3.42. The molecule has 0 unspecified atom stereocenters. The number of hydrogen-bond acceptors (Lipinski definition) is 4. The van der Waals surface area contributed by atoms with E-state index >= 15 is 0 Å². The molecule has 0 atom stereocenters. The highest BCUT2D eigenvalue weighted by molar-refractivity contribution is 5.49. The molecule has 2 aliphatic heterocycles. The minimum atomic E-state index is 0.668.